The Kier molecular flexibility index (Phi) is 11.8. The summed E-state index contributed by atoms with van der Waals surface area (Å²) >= 11 is 0. The van der Waals surface area contributed by atoms with E-state index in [-0.39, 0.29) is 0 Å². The lowest BCUT2D eigenvalue weighted by atomic mass is 9.68. The zero-order chi connectivity index (χ0) is 21.9. The Hall–Kier alpha value is -0.0500. The normalized spacial score (nSPS) is 30.4. The molecule has 0 heterocycles. The van der Waals surface area contributed by atoms with Crippen LogP contribution in [0.3, 0.4) is 0 Å². The molecule has 0 saturated heterocycles. The van der Waals surface area contributed by atoms with E-state index in [1.165, 1.54) is 96.1 Å². The molecule has 2 aliphatic rings. The highest BCUT2D eigenvalue weighted by Crippen LogP contribution is 2.47. The minimum atomic E-state index is -2.96. The van der Waals surface area contributed by atoms with Crippen molar-refractivity contribution in [2.75, 3.05) is 6.26 Å². The van der Waals surface area contributed by atoms with Crippen molar-refractivity contribution in [2.24, 2.45) is 17.8 Å². The third-order valence-electron chi connectivity index (χ3n) is 8.74. The van der Waals surface area contributed by atoms with Gasteiger partial charge in [0, 0.05) is 6.26 Å². The summed E-state index contributed by atoms with van der Waals surface area (Å²) < 4.78 is 25.0. The zero-order valence-corrected chi connectivity index (χ0v) is 21.4. The molecule has 2 rings (SSSR count). The number of hydrogen-bond donors (Lipinski definition) is 0. The first-order valence-electron chi connectivity index (χ1n) is 13.6. The molecule has 0 atom stereocenters. The van der Waals surface area contributed by atoms with Crippen LogP contribution in [0.15, 0.2) is 0 Å². The van der Waals surface area contributed by atoms with Crippen LogP contribution in [0.25, 0.3) is 0 Å². The maximum absolute atomic E-state index is 12.7. The lowest BCUT2D eigenvalue weighted by Gasteiger charge is -2.43. The van der Waals surface area contributed by atoms with Gasteiger partial charge in [-0.05, 0) is 62.7 Å². The first kappa shape index (κ1) is 26.2. The Labute approximate surface area is 189 Å². The SMILES string of the molecule is CCCCCCCC1CCC(C2CCC(CCCCCCC)(S(C)(=O)=O)CC2)CC1. The van der Waals surface area contributed by atoms with Gasteiger partial charge in [-0.3, -0.25) is 0 Å². The van der Waals surface area contributed by atoms with E-state index in [9.17, 15) is 8.42 Å². The molecule has 0 amide bonds. The van der Waals surface area contributed by atoms with Crippen LogP contribution in [-0.2, 0) is 9.84 Å². The van der Waals surface area contributed by atoms with Crippen molar-refractivity contribution in [3.05, 3.63) is 0 Å². The maximum Gasteiger partial charge on any atom is 0.153 e. The standard InChI is InChI=1S/C27H52O2S/c1-4-6-8-10-12-14-24-15-17-25(18-16-24)26-19-22-27(23-20-26,30(3,28)29)21-13-11-9-7-5-2/h24-26H,4-23H2,1-3H3. The number of hydrogen-bond acceptors (Lipinski definition) is 2. The number of sulfone groups is 1. The predicted octanol–water partition coefficient (Wildman–Crippen LogP) is 8.49. The third kappa shape index (κ3) is 8.14. The largest absolute Gasteiger partial charge is 0.229 e. The molecule has 0 aromatic heterocycles. The lowest BCUT2D eigenvalue weighted by Crippen LogP contribution is -2.43. The zero-order valence-electron chi connectivity index (χ0n) is 20.6. The van der Waals surface area contributed by atoms with Crippen molar-refractivity contribution >= 4 is 9.84 Å². The Morgan fingerprint density at radius 1 is 0.667 bits per heavy atom. The summed E-state index contributed by atoms with van der Waals surface area (Å²) in [4.78, 5) is 0. The van der Waals surface area contributed by atoms with Crippen LogP contribution in [0.2, 0.25) is 0 Å². The Balaban J connectivity index is 1.73. The second-order valence-electron chi connectivity index (χ2n) is 10.9. The summed E-state index contributed by atoms with van der Waals surface area (Å²) in [6.45, 7) is 4.53. The van der Waals surface area contributed by atoms with Crippen molar-refractivity contribution in [1.82, 2.24) is 0 Å². The second kappa shape index (κ2) is 13.5. The van der Waals surface area contributed by atoms with E-state index in [1.54, 1.807) is 0 Å². The van der Waals surface area contributed by atoms with Gasteiger partial charge in [-0.1, -0.05) is 97.3 Å². The van der Waals surface area contributed by atoms with E-state index >= 15 is 0 Å². The van der Waals surface area contributed by atoms with E-state index in [1.807, 2.05) is 0 Å². The molecule has 2 fully saturated rings. The van der Waals surface area contributed by atoms with Gasteiger partial charge in [0.15, 0.2) is 9.84 Å². The van der Waals surface area contributed by atoms with Crippen LogP contribution in [0, 0.1) is 17.8 Å². The van der Waals surface area contributed by atoms with Crippen molar-refractivity contribution in [1.29, 1.82) is 0 Å². The summed E-state index contributed by atoms with van der Waals surface area (Å²) in [5.41, 5.74) is 0. The van der Waals surface area contributed by atoms with E-state index in [0.717, 1.165) is 56.3 Å². The Bertz CT molecular complexity index is 537. The molecule has 0 bridgehead atoms. The quantitative estimate of drug-likeness (QED) is 0.254. The topological polar surface area (TPSA) is 34.1 Å². The highest BCUT2D eigenvalue weighted by Gasteiger charge is 2.44. The van der Waals surface area contributed by atoms with Gasteiger partial charge in [-0.15, -0.1) is 0 Å². The van der Waals surface area contributed by atoms with Gasteiger partial charge < -0.3 is 0 Å². The van der Waals surface area contributed by atoms with Gasteiger partial charge in [0.25, 0.3) is 0 Å². The molecule has 30 heavy (non-hydrogen) atoms. The first-order chi connectivity index (χ1) is 14.4. The fraction of sp³-hybridized carbons (Fsp3) is 1.00. The van der Waals surface area contributed by atoms with Crippen molar-refractivity contribution < 1.29 is 8.42 Å². The molecular weight excluding hydrogens is 388 g/mol. The van der Waals surface area contributed by atoms with Crippen molar-refractivity contribution in [3.8, 4) is 0 Å². The van der Waals surface area contributed by atoms with Gasteiger partial charge in [0.05, 0.1) is 4.75 Å². The molecule has 2 aliphatic carbocycles. The van der Waals surface area contributed by atoms with E-state index in [0.29, 0.717) is 0 Å². The highest BCUT2D eigenvalue weighted by atomic mass is 32.2. The number of unbranched alkanes of at least 4 members (excludes halogenated alkanes) is 8. The average Bonchev–Trinajstić information content (AvgIpc) is 2.74. The number of rotatable bonds is 14. The maximum atomic E-state index is 12.7. The van der Waals surface area contributed by atoms with Crippen LogP contribution in [0.1, 0.15) is 142 Å². The van der Waals surface area contributed by atoms with Crippen LogP contribution in [0.4, 0.5) is 0 Å². The first-order valence-corrected chi connectivity index (χ1v) is 15.5. The van der Waals surface area contributed by atoms with E-state index in [4.69, 9.17) is 0 Å². The molecule has 0 aromatic rings. The van der Waals surface area contributed by atoms with Crippen LogP contribution >= 0.6 is 0 Å². The molecule has 0 aromatic carbocycles. The third-order valence-corrected chi connectivity index (χ3v) is 10.9. The second-order valence-corrected chi connectivity index (χ2v) is 13.4. The highest BCUT2D eigenvalue weighted by molar-refractivity contribution is 7.92. The van der Waals surface area contributed by atoms with E-state index in [2.05, 4.69) is 13.8 Å². The summed E-state index contributed by atoms with van der Waals surface area (Å²) in [7, 11) is -2.96. The van der Waals surface area contributed by atoms with Crippen molar-refractivity contribution in [3.63, 3.8) is 0 Å². The fourth-order valence-corrected chi connectivity index (χ4v) is 7.97. The molecule has 0 radical (unpaired) electrons. The summed E-state index contributed by atoms with van der Waals surface area (Å²) in [6, 6.07) is 0. The van der Waals surface area contributed by atoms with Crippen LogP contribution in [0.5, 0.6) is 0 Å². The van der Waals surface area contributed by atoms with Gasteiger partial charge in [-0.2, -0.15) is 0 Å². The molecule has 0 N–H and O–H groups in total. The summed E-state index contributed by atoms with van der Waals surface area (Å²) in [6.07, 6.45) is 26.9. The molecule has 2 saturated carbocycles. The molecule has 0 aliphatic heterocycles. The lowest BCUT2D eigenvalue weighted by molar-refractivity contribution is 0.145. The van der Waals surface area contributed by atoms with Gasteiger partial charge in [0.2, 0.25) is 0 Å². The Morgan fingerprint density at radius 3 is 1.70 bits per heavy atom. The van der Waals surface area contributed by atoms with Crippen molar-refractivity contribution in [2.45, 2.75) is 147 Å². The summed E-state index contributed by atoms with van der Waals surface area (Å²) in [5.74, 6) is 2.65. The van der Waals surface area contributed by atoms with Gasteiger partial charge >= 0.3 is 0 Å². The minimum absolute atomic E-state index is 0.397. The Morgan fingerprint density at radius 2 is 1.17 bits per heavy atom. The molecule has 0 spiro atoms. The molecule has 3 heteroatoms. The van der Waals surface area contributed by atoms with Crippen LogP contribution < -0.4 is 0 Å². The monoisotopic (exact) mass is 440 g/mol. The predicted molar refractivity (Wildman–Crippen MR) is 132 cm³/mol. The van der Waals surface area contributed by atoms with E-state index < -0.39 is 14.6 Å². The molecule has 178 valence electrons. The smallest absolute Gasteiger partial charge is 0.153 e. The molecule has 2 nitrogen and oxygen atoms in total. The van der Waals surface area contributed by atoms with Gasteiger partial charge in [-0.25, -0.2) is 8.42 Å². The van der Waals surface area contributed by atoms with Crippen LogP contribution in [-0.4, -0.2) is 19.4 Å². The molecule has 0 unspecified atom stereocenters. The summed E-state index contributed by atoms with van der Waals surface area (Å²) in [5, 5.41) is 0. The fourth-order valence-electron chi connectivity index (χ4n) is 6.48. The molecular formula is C27H52O2S. The van der Waals surface area contributed by atoms with Gasteiger partial charge in [0.1, 0.15) is 0 Å². The minimum Gasteiger partial charge on any atom is -0.229 e. The average molecular weight is 441 g/mol.